The molecular formula is C54H93N3O8. The molecule has 8 fully saturated rings. The van der Waals surface area contributed by atoms with E-state index < -0.39 is 24.4 Å². The molecule has 12 unspecified atom stereocenters. The lowest BCUT2D eigenvalue weighted by atomic mass is 9.43. The summed E-state index contributed by atoms with van der Waals surface area (Å²) in [6, 6.07) is 0. The maximum absolute atomic E-state index is 13.8. The zero-order valence-corrected chi connectivity index (χ0v) is 41.4. The Labute approximate surface area is 392 Å². The van der Waals surface area contributed by atoms with Crippen molar-refractivity contribution in [3.63, 3.8) is 0 Å². The summed E-state index contributed by atoms with van der Waals surface area (Å²) in [6.45, 7) is 16.0. The fourth-order valence-electron chi connectivity index (χ4n) is 18.8. The molecule has 11 nitrogen and oxygen atoms in total. The largest absolute Gasteiger partial charge is 0.393 e. The highest BCUT2D eigenvalue weighted by Gasteiger charge is 2.67. The SMILES string of the molecule is CC(CCC(=O)NCCCN(CCCN)C(=O)CCC(C)C1CCC2C3C(C[C@@H](O)[C@]12C)[C@@]1(C)CC[C@H](O)CC1C[C@@H]3O)C1CCC2C3C(C[C@@H](O)[C@]12C)[C@@]1(C)CC[C@H](O)CC1C[C@@H]3O. The third-order valence-electron chi connectivity index (χ3n) is 22.6. The first-order chi connectivity index (χ1) is 30.8. The fourth-order valence-corrected chi connectivity index (χ4v) is 18.8. The number of nitrogens with one attached hydrogen (secondary N) is 1. The average molecular weight is 912 g/mol. The summed E-state index contributed by atoms with van der Waals surface area (Å²) in [5.74, 6) is 3.28. The van der Waals surface area contributed by atoms with Crippen LogP contribution in [0.1, 0.15) is 170 Å². The number of carbonyl (C=O) groups excluding carboxylic acids is 2. The smallest absolute Gasteiger partial charge is 0.222 e. The van der Waals surface area contributed by atoms with Crippen molar-refractivity contribution in [1.29, 1.82) is 0 Å². The number of rotatable bonds is 15. The lowest BCUT2D eigenvalue weighted by Crippen LogP contribution is -2.62. The molecule has 0 bridgehead atoms. The molecule has 0 aromatic rings. The second-order valence-corrected chi connectivity index (χ2v) is 25.3. The van der Waals surface area contributed by atoms with Crippen LogP contribution in [0.5, 0.6) is 0 Å². The first kappa shape index (κ1) is 50.1. The van der Waals surface area contributed by atoms with Gasteiger partial charge in [0.05, 0.1) is 36.6 Å². The third kappa shape index (κ3) is 8.82. The van der Waals surface area contributed by atoms with Crippen LogP contribution >= 0.6 is 0 Å². The van der Waals surface area contributed by atoms with Crippen LogP contribution in [-0.4, -0.2) is 110 Å². The molecule has 9 N–H and O–H groups in total. The highest BCUT2D eigenvalue weighted by molar-refractivity contribution is 5.76. The number of carbonyl (C=O) groups is 2. The van der Waals surface area contributed by atoms with Crippen LogP contribution in [-0.2, 0) is 9.59 Å². The van der Waals surface area contributed by atoms with Gasteiger partial charge in [0.1, 0.15) is 0 Å². The van der Waals surface area contributed by atoms with Crippen molar-refractivity contribution in [1.82, 2.24) is 10.2 Å². The molecule has 0 aromatic heterocycles. The fraction of sp³-hybridized carbons (Fsp3) is 0.963. The molecule has 2 amide bonds. The molecule has 0 saturated heterocycles. The number of nitrogens with zero attached hydrogens (tertiary/aromatic N) is 1. The first-order valence-corrected chi connectivity index (χ1v) is 27.1. The molecule has 8 aliphatic carbocycles. The van der Waals surface area contributed by atoms with Crippen molar-refractivity contribution < 1.29 is 40.2 Å². The molecule has 372 valence electrons. The molecule has 8 aliphatic rings. The third-order valence-corrected chi connectivity index (χ3v) is 22.6. The van der Waals surface area contributed by atoms with Crippen LogP contribution in [0.2, 0.25) is 0 Å². The minimum Gasteiger partial charge on any atom is -0.393 e. The summed E-state index contributed by atoms with van der Waals surface area (Å²) in [6.07, 6.45) is 13.6. The Morgan fingerprint density at radius 3 is 1.55 bits per heavy atom. The summed E-state index contributed by atoms with van der Waals surface area (Å²) in [5, 5.41) is 71.5. The van der Waals surface area contributed by atoms with E-state index in [0.717, 1.165) is 103 Å². The summed E-state index contributed by atoms with van der Waals surface area (Å²) in [7, 11) is 0. The van der Waals surface area contributed by atoms with Crippen molar-refractivity contribution in [3.8, 4) is 0 Å². The summed E-state index contributed by atoms with van der Waals surface area (Å²) >= 11 is 0. The van der Waals surface area contributed by atoms with Gasteiger partial charge < -0.3 is 46.6 Å². The van der Waals surface area contributed by atoms with Crippen LogP contribution in [0.15, 0.2) is 0 Å². The molecule has 22 atom stereocenters. The van der Waals surface area contributed by atoms with Crippen LogP contribution in [0.4, 0.5) is 0 Å². The van der Waals surface area contributed by atoms with E-state index in [-0.39, 0.29) is 98.9 Å². The topological polar surface area (TPSA) is 197 Å². The van der Waals surface area contributed by atoms with E-state index >= 15 is 0 Å². The van der Waals surface area contributed by atoms with E-state index in [9.17, 15) is 40.2 Å². The van der Waals surface area contributed by atoms with E-state index in [1.807, 2.05) is 4.90 Å². The Kier molecular flexibility index (Phi) is 15.0. The number of hydrogen-bond donors (Lipinski definition) is 8. The Hall–Kier alpha value is -1.34. The normalized spacial score (nSPS) is 48.7. The van der Waals surface area contributed by atoms with Crippen LogP contribution in [0.25, 0.3) is 0 Å². The lowest BCUT2D eigenvalue weighted by Gasteiger charge is -2.63. The maximum Gasteiger partial charge on any atom is 0.222 e. The molecule has 0 spiro atoms. The number of aliphatic hydroxyl groups excluding tert-OH is 6. The Bertz CT molecular complexity index is 1670. The highest BCUT2D eigenvalue weighted by Crippen LogP contribution is 2.70. The molecule has 0 radical (unpaired) electrons. The van der Waals surface area contributed by atoms with Crippen molar-refractivity contribution in [2.24, 2.45) is 98.4 Å². The summed E-state index contributed by atoms with van der Waals surface area (Å²) in [4.78, 5) is 29.0. The summed E-state index contributed by atoms with van der Waals surface area (Å²) in [5.41, 5.74) is 5.44. The standard InChI is InChI=1S/C54H93N3O8/c1-31(37-11-13-39-49-41(29-45(62)53(37,39)5)51(3)19-17-35(58)25-33(51)27-43(49)60)9-15-47(64)56-22-8-24-57(23-7-21-55)48(65)16-10-32(2)38-12-14-40-50-42(30-46(63)54(38,40)6)52(4)20-18-36(59)26-34(52)28-44(50)61/h31-46,49-50,58-63H,7-30,55H2,1-6H3,(H,56,64)/t31?,32?,33?,34?,35-,36-,37?,38?,39?,40?,41?,42?,43-,44-,45+,46+,49?,50?,51-,52-,53+,54+/m0/s1. The Balaban J connectivity index is 0.791. The monoisotopic (exact) mass is 912 g/mol. The second-order valence-electron chi connectivity index (χ2n) is 25.3. The second kappa shape index (κ2) is 19.5. The van der Waals surface area contributed by atoms with E-state index in [0.29, 0.717) is 69.6 Å². The predicted octanol–water partition coefficient (Wildman–Crippen LogP) is 6.43. The lowest BCUT2D eigenvalue weighted by molar-refractivity contribution is -0.207. The van der Waals surface area contributed by atoms with Crippen molar-refractivity contribution in [2.45, 2.75) is 207 Å². The number of aliphatic hydroxyl groups is 6. The van der Waals surface area contributed by atoms with Crippen molar-refractivity contribution in [2.75, 3.05) is 26.2 Å². The number of amides is 2. The van der Waals surface area contributed by atoms with Gasteiger partial charge in [-0.05, 0) is 215 Å². The van der Waals surface area contributed by atoms with Crippen LogP contribution < -0.4 is 11.1 Å². The van der Waals surface area contributed by atoms with Crippen LogP contribution in [0, 0.1) is 92.7 Å². The number of fused-ring (bicyclic) bond motifs is 10. The van der Waals surface area contributed by atoms with E-state index in [1.165, 1.54) is 0 Å². The average Bonchev–Trinajstić information content (AvgIpc) is 3.82. The van der Waals surface area contributed by atoms with Crippen molar-refractivity contribution >= 4 is 11.8 Å². The van der Waals surface area contributed by atoms with Gasteiger partial charge in [0.25, 0.3) is 0 Å². The van der Waals surface area contributed by atoms with Gasteiger partial charge in [-0.3, -0.25) is 9.59 Å². The van der Waals surface area contributed by atoms with Gasteiger partial charge in [-0.25, -0.2) is 0 Å². The molecule has 0 aliphatic heterocycles. The van der Waals surface area contributed by atoms with Gasteiger partial charge in [0, 0.05) is 32.5 Å². The van der Waals surface area contributed by atoms with Gasteiger partial charge in [-0.1, -0.05) is 41.5 Å². The molecular weight excluding hydrogens is 819 g/mol. The van der Waals surface area contributed by atoms with Gasteiger partial charge in [0.15, 0.2) is 0 Å². The number of hydrogen-bond acceptors (Lipinski definition) is 9. The van der Waals surface area contributed by atoms with E-state index in [2.05, 4.69) is 46.9 Å². The van der Waals surface area contributed by atoms with Gasteiger partial charge in [-0.15, -0.1) is 0 Å². The zero-order valence-electron chi connectivity index (χ0n) is 41.4. The minimum atomic E-state index is -0.442. The van der Waals surface area contributed by atoms with Gasteiger partial charge >= 0.3 is 0 Å². The minimum absolute atomic E-state index is 0.0300. The summed E-state index contributed by atoms with van der Waals surface area (Å²) < 4.78 is 0. The zero-order chi connectivity index (χ0) is 46.8. The number of nitrogens with two attached hydrogens (primary N) is 1. The van der Waals surface area contributed by atoms with E-state index in [4.69, 9.17) is 5.73 Å². The molecule has 11 heteroatoms. The van der Waals surface area contributed by atoms with Crippen molar-refractivity contribution in [3.05, 3.63) is 0 Å². The molecule has 0 aromatic carbocycles. The van der Waals surface area contributed by atoms with E-state index in [1.54, 1.807) is 0 Å². The molecule has 0 heterocycles. The Morgan fingerprint density at radius 2 is 1.08 bits per heavy atom. The molecule has 65 heavy (non-hydrogen) atoms. The maximum atomic E-state index is 13.8. The van der Waals surface area contributed by atoms with Crippen LogP contribution in [0.3, 0.4) is 0 Å². The highest BCUT2D eigenvalue weighted by atomic mass is 16.3. The predicted molar refractivity (Wildman–Crippen MR) is 253 cm³/mol. The first-order valence-electron chi connectivity index (χ1n) is 27.1. The molecule has 8 rings (SSSR count). The van der Waals surface area contributed by atoms with Gasteiger partial charge in [-0.2, -0.15) is 0 Å². The Morgan fingerprint density at radius 1 is 0.615 bits per heavy atom. The van der Waals surface area contributed by atoms with Gasteiger partial charge in [0.2, 0.25) is 11.8 Å². The molecule has 8 saturated carbocycles. The quantitative estimate of drug-likeness (QED) is 0.0855.